The fraction of sp³-hybridized carbons (Fsp3) is 0.684. The van der Waals surface area contributed by atoms with E-state index in [0.717, 1.165) is 24.3 Å². The van der Waals surface area contributed by atoms with E-state index in [1.807, 2.05) is 18.2 Å². The molecule has 1 heterocycles. The zero-order valence-corrected chi connectivity index (χ0v) is 15.3. The lowest BCUT2D eigenvalue weighted by molar-refractivity contribution is -0.158. The normalized spacial score (nSPS) is 30.7. The van der Waals surface area contributed by atoms with E-state index in [9.17, 15) is 8.42 Å². The fourth-order valence-electron chi connectivity index (χ4n) is 4.79. The topological polar surface area (TPSA) is 55.4 Å². The van der Waals surface area contributed by atoms with Crippen LogP contribution in [0.15, 0.2) is 24.3 Å². The molecule has 0 unspecified atom stereocenters. The van der Waals surface area contributed by atoms with Gasteiger partial charge in [0.15, 0.2) is 9.84 Å². The molecule has 3 atom stereocenters. The maximum absolute atomic E-state index is 12.2. The minimum Gasteiger partial charge on any atom is -0.381 e. The van der Waals surface area contributed by atoms with Crippen LogP contribution in [-0.2, 0) is 20.3 Å². The first kappa shape index (κ1) is 16.4. The molecular weight excluding hydrogens is 322 g/mol. The third-order valence-corrected chi connectivity index (χ3v) is 8.54. The van der Waals surface area contributed by atoms with Gasteiger partial charge >= 0.3 is 0 Å². The Kier molecular flexibility index (Phi) is 3.92. The minimum atomic E-state index is -3.07. The quantitative estimate of drug-likeness (QED) is 0.885. The molecule has 3 aliphatic rings. The summed E-state index contributed by atoms with van der Waals surface area (Å²) in [4.78, 5) is 0. The molecule has 1 spiro atoms. The molecule has 5 heteroatoms. The van der Waals surface area contributed by atoms with Crippen LogP contribution < -0.4 is 5.32 Å². The van der Waals surface area contributed by atoms with Crippen molar-refractivity contribution in [2.24, 2.45) is 11.3 Å². The summed E-state index contributed by atoms with van der Waals surface area (Å²) in [6, 6.07) is 8.42. The van der Waals surface area contributed by atoms with Gasteiger partial charge in [-0.3, -0.25) is 0 Å². The summed E-state index contributed by atoms with van der Waals surface area (Å²) in [6.07, 6.45) is 5.41. The predicted octanol–water partition coefficient (Wildman–Crippen LogP) is 3.38. The summed E-state index contributed by atoms with van der Waals surface area (Å²) in [7, 11) is -3.07. The van der Waals surface area contributed by atoms with Crippen molar-refractivity contribution in [2.75, 3.05) is 11.9 Å². The average molecular weight is 349 g/mol. The van der Waals surface area contributed by atoms with Gasteiger partial charge in [-0.05, 0) is 50.8 Å². The first-order chi connectivity index (χ1) is 11.4. The Morgan fingerprint density at radius 2 is 2.12 bits per heavy atom. The number of fused-ring (bicyclic) bond motifs is 2. The Labute approximate surface area is 144 Å². The smallest absolute Gasteiger partial charge is 0.156 e. The molecular formula is C19H27NO3S. The molecule has 0 bridgehead atoms. The van der Waals surface area contributed by atoms with E-state index in [-0.39, 0.29) is 11.0 Å². The summed E-state index contributed by atoms with van der Waals surface area (Å²) in [6.45, 7) is 4.38. The molecule has 24 heavy (non-hydrogen) atoms. The molecule has 0 radical (unpaired) electrons. The van der Waals surface area contributed by atoms with Gasteiger partial charge in [-0.1, -0.05) is 18.6 Å². The van der Waals surface area contributed by atoms with E-state index in [2.05, 4.69) is 11.4 Å². The van der Waals surface area contributed by atoms with Crippen molar-refractivity contribution >= 4 is 15.5 Å². The lowest BCUT2D eigenvalue weighted by Gasteiger charge is -2.63. The lowest BCUT2D eigenvalue weighted by atomic mass is 9.46. The van der Waals surface area contributed by atoms with Gasteiger partial charge in [-0.15, -0.1) is 0 Å². The van der Waals surface area contributed by atoms with Crippen LogP contribution in [-0.4, -0.2) is 32.4 Å². The molecule has 1 N–H and O–H groups in total. The monoisotopic (exact) mass is 349 g/mol. The Morgan fingerprint density at radius 1 is 1.33 bits per heavy atom. The van der Waals surface area contributed by atoms with Crippen LogP contribution in [0.5, 0.6) is 0 Å². The van der Waals surface area contributed by atoms with Gasteiger partial charge in [-0.2, -0.15) is 0 Å². The Balaban J connectivity index is 1.50. The van der Waals surface area contributed by atoms with E-state index in [0.29, 0.717) is 23.5 Å². The van der Waals surface area contributed by atoms with Gasteiger partial charge in [0, 0.05) is 29.7 Å². The third kappa shape index (κ3) is 2.48. The molecule has 132 valence electrons. The molecule has 3 fully saturated rings. The maximum atomic E-state index is 12.2. The second-order valence-electron chi connectivity index (χ2n) is 8.01. The second kappa shape index (κ2) is 5.73. The van der Waals surface area contributed by atoms with E-state index >= 15 is 0 Å². The van der Waals surface area contributed by atoms with Crippen molar-refractivity contribution in [3.05, 3.63) is 29.8 Å². The Morgan fingerprint density at radius 3 is 2.79 bits per heavy atom. The largest absolute Gasteiger partial charge is 0.381 e. The Bertz CT molecular complexity index is 724. The van der Waals surface area contributed by atoms with Crippen molar-refractivity contribution in [3.63, 3.8) is 0 Å². The predicted molar refractivity (Wildman–Crippen MR) is 95.7 cm³/mol. The second-order valence-corrected chi connectivity index (χ2v) is 10.6. The molecule has 0 aromatic heterocycles. The highest BCUT2D eigenvalue weighted by molar-refractivity contribution is 7.91. The van der Waals surface area contributed by atoms with E-state index in [1.165, 1.54) is 19.3 Å². The molecule has 1 saturated heterocycles. The van der Waals surface area contributed by atoms with Crippen LogP contribution in [0.25, 0.3) is 0 Å². The van der Waals surface area contributed by atoms with Gasteiger partial charge in [0.05, 0.1) is 17.1 Å². The summed E-state index contributed by atoms with van der Waals surface area (Å²) >= 11 is 0. The SMILES string of the molecule is CC(C)S(=O)(=O)Cc1cccc(N[C@@H]2[C@@H]3CCO[C@@H]3C23CCC3)c1. The summed E-state index contributed by atoms with van der Waals surface area (Å²) < 4.78 is 30.3. The summed E-state index contributed by atoms with van der Waals surface area (Å²) in [5.74, 6) is 0.735. The molecule has 1 aromatic rings. The highest BCUT2D eigenvalue weighted by atomic mass is 32.2. The number of ether oxygens (including phenoxy) is 1. The van der Waals surface area contributed by atoms with Crippen molar-refractivity contribution in [2.45, 2.75) is 62.7 Å². The number of hydrogen-bond donors (Lipinski definition) is 1. The van der Waals surface area contributed by atoms with Crippen LogP contribution in [0.4, 0.5) is 5.69 Å². The van der Waals surface area contributed by atoms with E-state index in [1.54, 1.807) is 13.8 Å². The van der Waals surface area contributed by atoms with Crippen LogP contribution in [0.1, 0.15) is 45.1 Å². The highest BCUT2D eigenvalue weighted by Gasteiger charge is 2.66. The van der Waals surface area contributed by atoms with Crippen molar-refractivity contribution < 1.29 is 13.2 Å². The van der Waals surface area contributed by atoms with Gasteiger partial charge in [0.1, 0.15) is 0 Å². The molecule has 4 nitrogen and oxygen atoms in total. The number of rotatable bonds is 5. The van der Waals surface area contributed by atoms with Crippen LogP contribution in [0.3, 0.4) is 0 Å². The van der Waals surface area contributed by atoms with Crippen molar-refractivity contribution in [1.29, 1.82) is 0 Å². The fourth-order valence-corrected chi connectivity index (χ4v) is 5.76. The van der Waals surface area contributed by atoms with Crippen LogP contribution in [0, 0.1) is 11.3 Å². The van der Waals surface area contributed by atoms with E-state index < -0.39 is 9.84 Å². The van der Waals surface area contributed by atoms with Gasteiger partial charge in [0.25, 0.3) is 0 Å². The molecule has 0 amide bonds. The lowest BCUT2D eigenvalue weighted by Crippen LogP contribution is -2.68. The average Bonchev–Trinajstić information content (AvgIpc) is 2.88. The number of hydrogen-bond acceptors (Lipinski definition) is 4. The number of nitrogens with one attached hydrogen (secondary N) is 1. The number of sulfone groups is 1. The zero-order valence-electron chi connectivity index (χ0n) is 14.5. The highest BCUT2D eigenvalue weighted by Crippen LogP contribution is 2.63. The van der Waals surface area contributed by atoms with Gasteiger partial charge in [-0.25, -0.2) is 8.42 Å². The number of anilines is 1. The van der Waals surface area contributed by atoms with Crippen LogP contribution >= 0.6 is 0 Å². The van der Waals surface area contributed by atoms with Gasteiger partial charge in [0.2, 0.25) is 0 Å². The first-order valence-electron chi connectivity index (χ1n) is 9.11. The third-order valence-electron chi connectivity index (χ3n) is 6.37. The summed E-state index contributed by atoms with van der Waals surface area (Å²) in [5, 5.41) is 3.39. The van der Waals surface area contributed by atoms with Crippen molar-refractivity contribution in [1.82, 2.24) is 0 Å². The first-order valence-corrected chi connectivity index (χ1v) is 10.8. The Hall–Kier alpha value is -1.07. The molecule has 1 aromatic carbocycles. The van der Waals surface area contributed by atoms with Crippen LogP contribution in [0.2, 0.25) is 0 Å². The van der Waals surface area contributed by atoms with E-state index in [4.69, 9.17) is 4.74 Å². The number of benzene rings is 1. The molecule has 2 aliphatic carbocycles. The van der Waals surface area contributed by atoms with Gasteiger partial charge < -0.3 is 10.1 Å². The molecule has 4 rings (SSSR count). The molecule has 2 saturated carbocycles. The standard InChI is InChI=1S/C19H27NO3S/c1-13(2)24(21,22)12-14-5-3-6-15(11-14)20-17-16-7-10-23-18(16)19(17)8-4-9-19/h3,5-6,11,13,16-18,20H,4,7-10,12H2,1-2H3/t16-,17+,18-/m0/s1. The maximum Gasteiger partial charge on any atom is 0.156 e. The summed E-state index contributed by atoms with van der Waals surface area (Å²) in [5.41, 5.74) is 2.25. The minimum absolute atomic E-state index is 0.116. The van der Waals surface area contributed by atoms with Crippen molar-refractivity contribution in [3.8, 4) is 0 Å². The zero-order chi connectivity index (χ0) is 16.9. The molecule has 1 aliphatic heterocycles.